The Morgan fingerprint density at radius 1 is 1.19 bits per heavy atom. The lowest BCUT2D eigenvalue weighted by Crippen LogP contribution is -2.32. The van der Waals surface area contributed by atoms with Gasteiger partial charge >= 0.3 is 0 Å². The average Bonchev–Trinajstić information content (AvgIpc) is 2.90. The van der Waals surface area contributed by atoms with E-state index in [1.807, 2.05) is 25.1 Å². The maximum atomic E-state index is 13.9. The fourth-order valence-electron chi connectivity index (χ4n) is 2.96. The first kappa shape index (κ1) is 19.0. The smallest absolute Gasteiger partial charge is 0.252 e. The topological polar surface area (TPSA) is 36.0 Å². The van der Waals surface area contributed by atoms with E-state index in [9.17, 15) is 13.6 Å². The highest BCUT2D eigenvalue weighted by Gasteiger charge is 2.34. The number of ether oxygens (including phenoxy) is 1. The van der Waals surface area contributed by atoms with E-state index in [0.717, 1.165) is 11.8 Å². The second-order valence-electron chi connectivity index (χ2n) is 6.35. The van der Waals surface area contributed by atoms with E-state index < -0.39 is 11.6 Å². The van der Waals surface area contributed by atoms with Crippen LogP contribution in [-0.4, -0.2) is 43.7 Å². The number of methoxy groups -OCH3 is 1. The number of hydrogen-bond acceptors (Lipinski definition) is 4. The molecular formula is C19H19F2N3O2S. The summed E-state index contributed by atoms with van der Waals surface area (Å²) in [7, 11) is 5.34. The molecule has 0 unspecified atom stereocenters. The zero-order valence-electron chi connectivity index (χ0n) is 15.2. The molecule has 2 aromatic rings. The Morgan fingerprint density at radius 2 is 1.93 bits per heavy atom. The number of carbonyl (C=O) groups is 1. The van der Waals surface area contributed by atoms with Crippen molar-refractivity contribution in [3.05, 3.63) is 53.6 Å². The SMILES string of the molecule is COc1cc(N2C(=O)CN(Cc3ccc(F)cc3F)C2=S)ccc1N(C)C. The number of anilines is 2. The van der Waals surface area contributed by atoms with Gasteiger partial charge in [-0.25, -0.2) is 8.78 Å². The van der Waals surface area contributed by atoms with Crippen molar-refractivity contribution in [1.82, 2.24) is 4.90 Å². The van der Waals surface area contributed by atoms with Gasteiger partial charge in [0, 0.05) is 38.3 Å². The van der Waals surface area contributed by atoms with Crippen LogP contribution in [0.5, 0.6) is 5.75 Å². The van der Waals surface area contributed by atoms with E-state index >= 15 is 0 Å². The Hall–Kier alpha value is -2.74. The van der Waals surface area contributed by atoms with Gasteiger partial charge in [-0.2, -0.15) is 0 Å². The molecule has 2 aromatic carbocycles. The Morgan fingerprint density at radius 3 is 2.56 bits per heavy atom. The molecule has 1 fully saturated rings. The highest BCUT2D eigenvalue weighted by atomic mass is 32.1. The van der Waals surface area contributed by atoms with E-state index in [0.29, 0.717) is 11.4 Å². The maximum absolute atomic E-state index is 13.9. The first-order chi connectivity index (χ1) is 12.8. The number of carbonyl (C=O) groups excluding carboxylic acids is 1. The van der Waals surface area contributed by atoms with Crippen LogP contribution in [-0.2, 0) is 11.3 Å². The minimum absolute atomic E-state index is 0.0212. The van der Waals surface area contributed by atoms with E-state index in [1.54, 1.807) is 24.1 Å². The molecule has 1 aliphatic heterocycles. The molecular weight excluding hydrogens is 372 g/mol. The fraction of sp³-hybridized carbons (Fsp3) is 0.263. The molecule has 3 rings (SSSR count). The fourth-order valence-corrected chi connectivity index (χ4v) is 3.29. The largest absolute Gasteiger partial charge is 0.495 e. The van der Waals surface area contributed by atoms with E-state index in [-0.39, 0.29) is 29.7 Å². The molecule has 8 heteroatoms. The highest BCUT2D eigenvalue weighted by Crippen LogP contribution is 2.33. The number of amides is 1. The van der Waals surface area contributed by atoms with Crippen LogP contribution in [0, 0.1) is 11.6 Å². The Labute approximate surface area is 161 Å². The minimum Gasteiger partial charge on any atom is -0.495 e. The molecule has 0 radical (unpaired) electrons. The molecule has 1 heterocycles. The normalized spacial score (nSPS) is 14.1. The molecule has 0 aliphatic carbocycles. The molecule has 0 bridgehead atoms. The van der Waals surface area contributed by atoms with Crippen LogP contribution in [0.2, 0.25) is 0 Å². The monoisotopic (exact) mass is 391 g/mol. The van der Waals surface area contributed by atoms with Gasteiger partial charge in [-0.05, 0) is 30.4 Å². The van der Waals surface area contributed by atoms with Crippen molar-refractivity contribution in [3.63, 3.8) is 0 Å². The van der Waals surface area contributed by atoms with Crippen molar-refractivity contribution in [3.8, 4) is 5.75 Å². The molecule has 1 amide bonds. The van der Waals surface area contributed by atoms with Crippen LogP contribution < -0.4 is 14.5 Å². The first-order valence-corrected chi connectivity index (χ1v) is 8.63. The van der Waals surface area contributed by atoms with Crippen LogP contribution in [0.1, 0.15) is 5.56 Å². The molecule has 0 N–H and O–H groups in total. The predicted molar refractivity (Wildman–Crippen MR) is 104 cm³/mol. The average molecular weight is 391 g/mol. The Bertz CT molecular complexity index is 905. The van der Waals surface area contributed by atoms with Gasteiger partial charge in [-0.15, -0.1) is 0 Å². The van der Waals surface area contributed by atoms with Crippen molar-refractivity contribution in [1.29, 1.82) is 0 Å². The van der Waals surface area contributed by atoms with E-state index in [4.69, 9.17) is 17.0 Å². The zero-order valence-corrected chi connectivity index (χ0v) is 16.0. The number of nitrogens with zero attached hydrogens (tertiary/aromatic N) is 3. The molecule has 1 aliphatic rings. The van der Waals surface area contributed by atoms with Crippen molar-refractivity contribution < 1.29 is 18.3 Å². The third-order valence-electron chi connectivity index (χ3n) is 4.32. The van der Waals surface area contributed by atoms with Gasteiger partial charge < -0.3 is 14.5 Å². The van der Waals surface area contributed by atoms with Crippen molar-refractivity contribution in [2.75, 3.05) is 37.5 Å². The third kappa shape index (κ3) is 3.71. The number of rotatable bonds is 5. The number of halogens is 2. The summed E-state index contributed by atoms with van der Waals surface area (Å²) < 4.78 is 32.4. The standard InChI is InChI=1S/C19H19F2N3O2S/c1-22(2)16-7-6-14(9-17(16)26-3)24-18(25)11-23(19(24)27)10-12-4-5-13(20)8-15(12)21/h4-9H,10-11H2,1-3H3. The van der Waals surface area contributed by atoms with Crippen LogP contribution >= 0.6 is 12.2 Å². The molecule has 0 spiro atoms. The van der Waals surface area contributed by atoms with Gasteiger partial charge in [0.15, 0.2) is 5.11 Å². The summed E-state index contributed by atoms with van der Waals surface area (Å²) >= 11 is 5.44. The Balaban J connectivity index is 1.86. The summed E-state index contributed by atoms with van der Waals surface area (Å²) in [5.41, 5.74) is 1.72. The van der Waals surface area contributed by atoms with E-state index in [1.165, 1.54) is 17.0 Å². The molecule has 1 saturated heterocycles. The quantitative estimate of drug-likeness (QED) is 0.732. The Kier molecular flexibility index (Phi) is 5.27. The van der Waals surface area contributed by atoms with Crippen molar-refractivity contribution in [2.24, 2.45) is 0 Å². The summed E-state index contributed by atoms with van der Waals surface area (Å²) in [5, 5.41) is 0.267. The minimum atomic E-state index is -0.666. The van der Waals surface area contributed by atoms with Crippen molar-refractivity contribution in [2.45, 2.75) is 6.54 Å². The van der Waals surface area contributed by atoms with Crippen LogP contribution in [0.25, 0.3) is 0 Å². The molecule has 5 nitrogen and oxygen atoms in total. The van der Waals surface area contributed by atoms with Gasteiger partial charge in [-0.1, -0.05) is 6.07 Å². The summed E-state index contributed by atoms with van der Waals surface area (Å²) in [6.45, 7) is 0.105. The lowest BCUT2D eigenvalue weighted by atomic mass is 10.2. The number of hydrogen-bond donors (Lipinski definition) is 0. The molecule has 0 atom stereocenters. The molecule has 0 aromatic heterocycles. The molecule has 142 valence electrons. The zero-order chi connectivity index (χ0) is 19.7. The van der Waals surface area contributed by atoms with Gasteiger partial charge in [0.1, 0.15) is 23.9 Å². The summed E-state index contributed by atoms with van der Waals surface area (Å²) in [6.07, 6.45) is 0. The summed E-state index contributed by atoms with van der Waals surface area (Å²) in [6, 6.07) is 8.72. The third-order valence-corrected chi connectivity index (χ3v) is 4.76. The van der Waals surface area contributed by atoms with Gasteiger partial charge in [0.05, 0.1) is 18.5 Å². The van der Waals surface area contributed by atoms with Crippen molar-refractivity contribution >= 4 is 34.6 Å². The van der Waals surface area contributed by atoms with E-state index in [2.05, 4.69) is 0 Å². The van der Waals surface area contributed by atoms with Gasteiger partial charge in [0.2, 0.25) is 0 Å². The number of benzene rings is 2. The summed E-state index contributed by atoms with van der Waals surface area (Å²) in [5.74, 6) is -0.926. The highest BCUT2D eigenvalue weighted by molar-refractivity contribution is 7.80. The van der Waals surface area contributed by atoms with Crippen LogP contribution in [0.15, 0.2) is 36.4 Å². The van der Waals surface area contributed by atoms with Gasteiger partial charge in [-0.3, -0.25) is 9.69 Å². The van der Waals surface area contributed by atoms with Crippen LogP contribution in [0.3, 0.4) is 0 Å². The summed E-state index contributed by atoms with van der Waals surface area (Å²) in [4.78, 5) is 17.4. The predicted octanol–water partition coefficient (Wildman–Crippen LogP) is 3.17. The van der Waals surface area contributed by atoms with Gasteiger partial charge in [0.25, 0.3) is 5.91 Å². The second-order valence-corrected chi connectivity index (χ2v) is 6.72. The first-order valence-electron chi connectivity index (χ1n) is 8.23. The second kappa shape index (κ2) is 7.48. The number of thiocarbonyl (C=S) groups is 1. The molecule has 27 heavy (non-hydrogen) atoms. The lowest BCUT2D eigenvalue weighted by molar-refractivity contribution is -0.116. The maximum Gasteiger partial charge on any atom is 0.252 e. The lowest BCUT2D eigenvalue weighted by Gasteiger charge is -2.23. The van der Waals surface area contributed by atoms with Crippen LogP contribution in [0.4, 0.5) is 20.2 Å². The molecule has 0 saturated carbocycles.